The molecule has 0 radical (unpaired) electrons. The molecule has 1 aliphatic rings. The monoisotopic (exact) mass is 382 g/mol. The number of rotatable bonds is 8. The fraction of sp³-hybridized carbons (Fsp3) is 0.864. The largest absolute Gasteiger partial charge is 0.417 e. The SMILES string of the molecule is C=CC(C=O)(CO)[C@@]1(C)CCCC(C)(C)[C@H]1CCO[Si](C)(C)C(C)(C)C. The third kappa shape index (κ3) is 4.17. The van der Waals surface area contributed by atoms with Gasteiger partial charge in [0.2, 0.25) is 0 Å². The lowest BCUT2D eigenvalue weighted by molar-refractivity contribution is -0.137. The molecule has 4 heteroatoms. The number of aliphatic hydroxyl groups is 1. The third-order valence-electron chi connectivity index (χ3n) is 7.80. The zero-order valence-corrected chi connectivity index (χ0v) is 19.4. The molecule has 0 aromatic rings. The van der Waals surface area contributed by atoms with E-state index in [0.29, 0.717) is 5.92 Å². The fourth-order valence-electron chi connectivity index (χ4n) is 4.74. The van der Waals surface area contributed by atoms with E-state index in [1.165, 1.54) is 0 Å². The Hall–Kier alpha value is -0.453. The minimum Gasteiger partial charge on any atom is -0.417 e. The van der Waals surface area contributed by atoms with Gasteiger partial charge in [0.1, 0.15) is 6.29 Å². The molecular weight excluding hydrogens is 340 g/mol. The van der Waals surface area contributed by atoms with Gasteiger partial charge in [-0.3, -0.25) is 0 Å². The molecule has 1 N–H and O–H groups in total. The highest BCUT2D eigenvalue weighted by molar-refractivity contribution is 6.74. The van der Waals surface area contributed by atoms with Crippen LogP contribution in [0.2, 0.25) is 18.1 Å². The molecule has 0 spiro atoms. The van der Waals surface area contributed by atoms with E-state index in [1.54, 1.807) is 6.08 Å². The first kappa shape index (κ1) is 23.6. The normalized spacial score (nSPS) is 29.0. The van der Waals surface area contributed by atoms with Crippen LogP contribution >= 0.6 is 0 Å². The van der Waals surface area contributed by atoms with Crippen molar-refractivity contribution in [1.82, 2.24) is 0 Å². The first-order valence-corrected chi connectivity index (χ1v) is 13.0. The lowest BCUT2D eigenvalue weighted by Gasteiger charge is -2.57. The highest BCUT2D eigenvalue weighted by Crippen LogP contribution is 2.60. The molecule has 3 nitrogen and oxygen atoms in total. The summed E-state index contributed by atoms with van der Waals surface area (Å²) >= 11 is 0. The van der Waals surface area contributed by atoms with Crippen LogP contribution in [0.3, 0.4) is 0 Å². The van der Waals surface area contributed by atoms with Crippen molar-refractivity contribution >= 4 is 14.6 Å². The highest BCUT2D eigenvalue weighted by Gasteiger charge is 2.56. The summed E-state index contributed by atoms with van der Waals surface area (Å²) in [7, 11) is -1.79. The first-order chi connectivity index (χ1) is 11.7. The first-order valence-electron chi connectivity index (χ1n) is 10.1. The topological polar surface area (TPSA) is 46.5 Å². The summed E-state index contributed by atoms with van der Waals surface area (Å²) in [5, 5.41) is 10.3. The molecule has 3 atom stereocenters. The Labute approximate surface area is 162 Å². The van der Waals surface area contributed by atoms with E-state index in [0.717, 1.165) is 38.6 Å². The smallest absolute Gasteiger partial charge is 0.191 e. The Kier molecular flexibility index (Phi) is 7.15. The Morgan fingerprint density at radius 2 is 1.81 bits per heavy atom. The minimum atomic E-state index is -1.79. The van der Waals surface area contributed by atoms with E-state index in [-0.39, 0.29) is 22.5 Å². The summed E-state index contributed by atoms with van der Waals surface area (Å²) in [6, 6.07) is 0. The summed E-state index contributed by atoms with van der Waals surface area (Å²) in [5.41, 5.74) is -1.08. The molecule has 0 aromatic carbocycles. The number of hydrogen-bond donors (Lipinski definition) is 1. The van der Waals surface area contributed by atoms with Crippen LogP contribution in [-0.4, -0.2) is 32.9 Å². The maximum absolute atomic E-state index is 12.1. The summed E-state index contributed by atoms with van der Waals surface area (Å²) < 4.78 is 6.46. The molecule has 1 saturated carbocycles. The van der Waals surface area contributed by atoms with E-state index in [2.05, 4.69) is 61.2 Å². The average Bonchev–Trinajstić information content (AvgIpc) is 2.51. The number of hydrogen-bond acceptors (Lipinski definition) is 3. The van der Waals surface area contributed by atoms with E-state index in [4.69, 9.17) is 4.43 Å². The van der Waals surface area contributed by atoms with Crippen LogP contribution in [0.25, 0.3) is 0 Å². The van der Waals surface area contributed by atoms with Gasteiger partial charge in [0.25, 0.3) is 0 Å². The lowest BCUT2D eigenvalue weighted by atomic mass is 9.47. The molecular formula is C22H42O3Si. The molecule has 0 heterocycles. The summed E-state index contributed by atoms with van der Waals surface area (Å²) in [6.45, 7) is 22.6. The van der Waals surface area contributed by atoms with Gasteiger partial charge in [-0.25, -0.2) is 0 Å². The predicted octanol–water partition coefficient (Wildman–Crippen LogP) is 5.59. The van der Waals surface area contributed by atoms with Gasteiger partial charge >= 0.3 is 0 Å². The highest BCUT2D eigenvalue weighted by atomic mass is 28.4. The molecule has 0 bridgehead atoms. The van der Waals surface area contributed by atoms with Crippen molar-refractivity contribution in [3.05, 3.63) is 12.7 Å². The van der Waals surface area contributed by atoms with Crippen molar-refractivity contribution in [2.75, 3.05) is 13.2 Å². The van der Waals surface area contributed by atoms with Crippen molar-refractivity contribution in [3.63, 3.8) is 0 Å². The second kappa shape index (κ2) is 7.88. The Bertz CT molecular complexity index is 496. The van der Waals surface area contributed by atoms with Crippen molar-refractivity contribution in [2.45, 2.75) is 85.4 Å². The van der Waals surface area contributed by atoms with E-state index in [9.17, 15) is 9.90 Å². The van der Waals surface area contributed by atoms with Crippen LogP contribution in [0.5, 0.6) is 0 Å². The van der Waals surface area contributed by atoms with E-state index >= 15 is 0 Å². The Morgan fingerprint density at radius 3 is 2.23 bits per heavy atom. The number of carbonyl (C=O) groups is 1. The zero-order valence-electron chi connectivity index (χ0n) is 18.4. The van der Waals surface area contributed by atoms with Gasteiger partial charge in [-0.15, -0.1) is 6.58 Å². The van der Waals surface area contributed by atoms with E-state index in [1.807, 2.05) is 0 Å². The molecule has 0 amide bonds. The summed E-state index contributed by atoms with van der Waals surface area (Å²) in [4.78, 5) is 12.1. The number of aliphatic hydroxyl groups excluding tert-OH is 1. The van der Waals surface area contributed by atoms with Crippen LogP contribution in [0.15, 0.2) is 12.7 Å². The van der Waals surface area contributed by atoms with Crippen molar-refractivity contribution in [2.24, 2.45) is 22.2 Å². The number of carbonyl (C=O) groups excluding carboxylic acids is 1. The van der Waals surface area contributed by atoms with Crippen molar-refractivity contribution in [1.29, 1.82) is 0 Å². The maximum Gasteiger partial charge on any atom is 0.191 e. The molecule has 1 aliphatic carbocycles. The minimum absolute atomic E-state index is 0.107. The molecule has 152 valence electrons. The van der Waals surface area contributed by atoms with Gasteiger partial charge < -0.3 is 14.3 Å². The predicted molar refractivity (Wildman–Crippen MR) is 113 cm³/mol. The molecule has 1 unspecified atom stereocenters. The average molecular weight is 383 g/mol. The molecule has 0 aromatic heterocycles. The van der Waals surface area contributed by atoms with Gasteiger partial charge in [-0.2, -0.15) is 0 Å². The number of aldehydes is 1. The van der Waals surface area contributed by atoms with Crippen molar-refractivity contribution in [3.8, 4) is 0 Å². The molecule has 0 aliphatic heterocycles. The summed E-state index contributed by atoms with van der Waals surface area (Å²) in [6.07, 6.45) is 6.69. The molecule has 1 rings (SSSR count). The van der Waals surface area contributed by atoms with E-state index < -0.39 is 13.7 Å². The fourth-order valence-corrected chi connectivity index (χ4v) is 5.80. The maximum atomic E-state index is 12.1. The molecule has 1 fully saturated rings. The van der Waals surface area contributed by atoms with Crippen LogP contribution in [0.1, 0.15) is 67.2 Å². The van der Waals surface area contributed by atoms with Gasteiger partial charge in [0.05, 0.1) is 12.0 Å². The van der Waals surface area contributed by atoms with Crippen molar-refractivity contribution < 1.29 is 14.3 Å². The van der Waals surface area contributed by atoms with Crippen LogP contribution < -0.4 is 0 Å². The standard InChI is InChI=1S/C22H42O3Si/c1-10-22(16-23,17-24)21(7)14-11-13-20(5,6)18(21)12-15-25-26(8,9)19(2,3)4/h10,16,18,24H,1,11-15,17H2,2-9H3/t18-,21+,22?/m1/s1. The Balaban J connectivity index is 3.12. The molecule has 26 heavy (non-hydrogen) atoms. The van der Waals surface area contributed by atoms with Gasteiger partial charge in [0.15, 0.2) is 8.32 Å². The van der Waals surface area contributed by atoms with Crippen LogP contribution in [-0.2, 0) is 9.22 Å². The third-order valence-corrected chi connectivity index (χ3v) is 12.3. The molecule has 0 saturated heterocycles. The van der Waals surface area contributed by atoms with Gasteiger partial charge in [-0.1, -0.05) is 54.0 Å². The lowest BCUT2D eigenvalue weighted by Crippen LogP contribution is -2.54. The summed E-state index contributed by atoms with van der Waals surface area (Å²) in [5.74, 6) is 0.295. The van der Waals surface area contributed by atoms with Crippen LogP contribution in [0, 0.1) is 22.2 Å². The second-order valence-corrected chi connectivity index (χ2v) is 15.5. The van der Waals surface area contributed by atoms with Crippen LogP contribution in [0.4, 0.5) is 0 Å². The Morgan fingerprint density at radius 1 is 1.23 bits per heavy atom. The van der Waals surface area contributed by atoms with Gasteiger partial charge in [0, 0.05) is 6.61 Å². The quantitative estimate of drug-likeness (QED) is 0.338. The van der Waals surface area contributed by atoms with Gasteiger partial charge in [-0.05, 0) is 54.1 Å². The second-order valence-electron chi connectivity index (χ2n) is 10.7. The zero-order chi connectivity index (χ0) is 20.4.